The number of carbonyl (C=O) groups is 2. The Kier molecular flexibility index (Phi) is 3.63. The quantitative estimate of drug-likeness (QED) is 0.416. The van der Waals surface area contributed by atoms with Crippen LogP contribution in [0.2, 0.25) is 0 Å². The van der Waals surface area contributed by atoms with Gasteiger partial charge in [-0.25, -0.2) is 0 Å². The molecule has 0 amide bonds. The highest BCUT2D eigenvalue weighted by atomic mass is 16.2. The molecule has 0 unspecified atom stereocenters. The Morgan fingerprint density at radius 2 is 1.86 bits per heavy atom. The lowest BCUT2D eigenvalue weighted by atomic mass is 10.0. The van der Waals surface area contributed by atoms with Crippen LogP contribution >= 0.6 is 0 Å². The maximum absolute atomic E-state index is 11.1. The maximum atomic E-state index is 11.1. The zero-order valence-corrected chi connectivity index (χ0v) is 8.59. The van der Waals surface area contributed by atoms with Crippen LogP contribution in [-0.2, 0) is 9.59 Å². The van der Waals surface area contributed by atoms with E-state index in [0.29, 0.717) is 0 Å². The average molecular weight is 193 g/mol. The summed E-state index contributed by atoms with van der Waals surface area (Å²) in [6.45, 7) is 4.78. The number of ketones is 2. The van der Waals surface area contributed by atoms with E-state index >= 15 is 0 Å². The van der Waals surface area contributed by atoms with Crippen molar-refractivity contribution in [1.82, 2.24) is 5.32 Å². The van der Waals surface area contributed by atoms with Gasteiger partial charge in [-0.1, -0.05) is 13.3 Å². The highest BCUT2D eigenvalue weighted by Gasteiger charge is 2.16. The molecule has 0 aromatic heterocycles. The van der Waals surface area contributed by atoms with E-state index in [2.05, 4.69) is 12.2 Å². The van der Waals surface area contributed by atoms with E-state index in [4.69, 9.17) is 0 Å². The van der Waals surface area contributed by atoms with Gasteiger partial charge in [0.05, 0.1) is 0 Å². The van der Waals surface area contributed by atoms with Crippen molar-refractivity contribution in [1.29, 1.82) is 0 Å². The topological polar surface area (TPSA) is 46.2 Å². The van der Waals surface area contributed by atoms with Gasteiger partial charge in [0.2, 0.25) is 11.6 Å². The molecule has 0 aromatic rings. The van der Waals surface area contributed by atoms with Crippen molar-refractivity contribution in [3.8, 4) is 0 Å². The van der Waals surface area contributed by atoms with Gasteiger partial charge < -0.3 is 5.32 Å². The predicted molar refractivity (Wildman–Crippen MR) is 54.8 cm³/mol. The summed E-state index contributed by atoms with van der Waals surface area (Å²) in [5.41, 5.74) is 1.62. The van der Waals surface area contributed by atoms with Crippen molar-refractivity contribution in [3.63, 3.8) is 0 Å². The largest absolute Gasteiger partial charge is 0.385 e. The molecule has 0 fully saturated rings. The molecule has 14 heavy (non-hydrogen) atoms. The first-order valence-electron chi connectivity index (χ1n) is 4.87. The zero-order valence-electron chi connectivity index (χ0n) is 8.59. The number of hydrogen-bond donors (Lipinski definition) is 1. The Balaban J connectivity index is 2.60. The molecule has 3 nitrogen and oxygen atoms in total. The minimum absolute atomic E-state index is 0.427. The number of unbranched alkanes of at least 4 members (excludes halogenated alkanes) is 1. The summed E-state index contributed by atoms with van der Waals surface area (Å²) in [6.07, 6.45) is 4.94. The van der Waals surface area contributed by atoms with E-state index in [1.165, 1.54) is 12.2 Å². The first-order chi connectivity index (χ1) is 6.65. The van der Waals surface area contributed by atoms with Crippen LogP contribution in [0.1, 0.15) is 26.7 Å². The third kappa shape index (κ3) is 2.55. The Hall–Kier alpha value is -1.38. The number of carbonyl (C=O) groups excluding carboxylic acids is 2. The van der Waals surface area contributed by atoms with Gasteiger partial charge in [0.25, 0.3) is 0 Å². The molecular weight excluding hydrogens is 178 g/mol. The Morgan fingerprint density at radius 3 is 2.50 bits per heavy atom. The van der Waals surface area contributed by atoms with Crippen LogP contribution in [0, 0.1) is 0 Å². The fraction of sp³-hybridized carbons (Fsp3) is 0.455. The van der Waals surface area contributed by atoms with Crippen molar-refractivity contribution in [3.05, 3.63) is 23.4 Å². The molecule has 0 heterocycles. The fourth-order valence-electron chi connectivity index (χ4n) is 1.25. The molecule has 0 bridgehead atoms. The number of nitrogens with one attached hydrogen (secondary N) is 1. The summed E-state index contributed by atoms with van der Waals surface area (Å²) >= 11 is 0. The molecule has 1 aliphatic rings. The Bertz CT molecular complexity index is 313. The van der Waals surface area contributed by atoms with Crippen molar-refractivity contribution < 1.29 is 9.59 Å². The lowest BCUT2D eigenvalue weighted by Crippen LogP contribution is -2.23. The van der Waals surface area contributed by atoms with Crippen LogP contribution in [0.15, 0.2) is 23.4 Å². The monoisotopic (exact) mass is 193 g/mol. The summed E-state index contributed by atoms with van der Waals surface area (Å²) in [6, 6.07) is 0. The standard InChI is InChI=1S/C11H15NO2/c1-3-4-5-12-9-7-11(14)10(13)6-8(9)2/h6-7,12H,3-5H2,1-2H3. The van der Waals surface area contributed by atoms with E-state index in [1.54, 1.807) is 0 Å². The van der Waals surface area contributed by atoms with Gasteiger partial charge >= 0.3 is 0 Å². The van der Waals surface area contributed by atoms with Crippen LogP contribution in [0.3, 0.4) is 0 Å². The number of hydrogen-bond acceptors (Lipinski definition) is 3. The summed E-state index contributed by atoms with van der Waals surface area (Å²) in [5.74, 6) is -0.863. The van der Waals surface area contributed by atoms with Gasteiger partial charge in [-0.05, 0) is 25.0 Å². The lowest BCUT2D eigenvalue weighted by molar-refractivity contribution is -0.131. The molecule has 3 heteroatoms. The molecular formula is C11H15NO2. The highest BCUT2D eigenvalue weighted by molar-refractivity contribution is 6.46. The molecule has 0 aromatic carbocycles. The van der Waals surface area contributed by atoms with Crippen molar-refractivity contribution >= 4 is 11.6 Å². The molecule has 0 spiro atoms. The molecule has 1 N–H and O–H groups in total. The highest BCUT2D eigenvalue weighted by Crippen LogP contribution is 2.11. The Morgan fingerprint density at radius 1 is 1.21 bits per heavy atom. The lowest BCUT2D eigenvalue weighted by Gasteiger charge is -2.13. The molecule has 1 aliphatic carbocycles. The summed E-state index contributed by atoms with van der Waals surface area (Å²) in [5, 5.41) is 3.14. The van der Waals surface area contributed by atoms with E-state index in [-0.39, 0.29) is 0 Å². The van der Waals surface area contributed by atoms with Gasteiger partial charge in [-0.3, -0.25) is 9.59 Å². The molecule has 1 rings (SSSR count). The second-order valence-electron chi connectivity index (χ2n) is 3.39. The van der Waals surface area contributed by atoms with Gasteiger partial charge in [-0.2, -0.15) is 0 Å². The summed E-state index contributed by atoms with van der Waals surface area (Å²) in [7, 11) is 0. The zero-order chi connectivity index (χ0) is 10.6. The summed E-state index contributed by atoms with van der Waals surface area (Å²) in [4.78, 5) is 22.1. The molecule has 0 saturated heterocycles. The van der Waals surface area contributed by atoms with Crippen LogP contribution in [0.4, 0.5) is 0 Å². The molecule has 0 atom stereocenters. The molecule has 76 valence electrons. The second kappa shape index (κ2) is 4.74. The molecule has 0 aliphatic heterocycles. The van der Waals surface area contributed by atoms with E-state index in [9.17, 15) is 9.59 Å². The fourth-order valence-corrected chi connectivity index (χ4v) is 1.25. The Labute approximate surface area is 83.9 Å². The number of rotatable bonds is 4. The molecule has 0 radical (unpaired) electrons. The maximum Gasteiger partial charge on any atom is 0.227 e. The number of allylic oxidation sites excluding steroid dienone is 3. The normalized spacial score (nSPS) is 16.4. The van der Waals surface area contributed by atoms with Crippen LogP contribution in [-0.4, -0.2) is 18.1 Å². The predicted octanol–water partition coefficient (Wildman–Crippen LogP) is 1.36. The minimum atomic E-state index is -0.436. The van der Waals surface area contributed by atoms with E-state index < -0.39 is 11.6 Å². The van der Waals surface area contributed by atoms with E-state index in [0.717, 1.165) is 30.7 Å². The van der Waals surface area contributed by atoms with Gasteiger partial charge in [0.15, 0.2) is 0 Å². The second-order valence-corrected chi connectivity index (χ2v) is 3.39. The third-order valence-corrected chi connectivity index (χ3v) is 2.14. The summed E-state index contributed by atoms with van der Waals surface area (Å²) < 4.78 is 0. The van der Waals surface area contributed by atoms with Crippen molar-refractivity contribution in [2.75, 3.05) is 6.54 Å². The van der Waals surface area contributed by atoms with Gasteiger partial charge in [0.1, 0.15) is 0 Å². The van der Waals surface area contributed by atoms with Crippen LogP contribution < -0.4 is 5.32 Å². The van der Waals surface area contributed by atoms with Crippen LogP contribution in [0.5, 0.6) is 0 Å². The van der Waals surface area contributed by atoms with Crippen LogP contribution in [0.25, 0.3) is 0 Å². The SMILES string of the molecule is CCCCNC1=CC(=O)C(=O)C=C1C. The third-order valence-electron chi connectivity index (χ3n) is 2.14. The molecule has 0 saturated carbocycles. The van der Waals surface area contributed by atoms with Crippen molar-refractivity contribution in [2.24, 2.45) is 0 Å². The first kappa shape index (κ1) is 10.7. The first-order valence-corrected chi connectivity index (χ1v) is 4.87. The smallest absolute Gasteiger partial charge is 0.227 e. The minimum Gasteiger partial charge on any atom is -0.385 e. The van der Waals surface area contributed by atoms with Gasteiger partial charge in [-0.15, -0.1) is 0 Å². The van der Waals surface area contributed by atoms with E-state index in [1.807, 2.05) is 6.92 Å². The van der Waals surface area contributed by atoms with Crippen molar-refractivity contribution in [2.45, 2.75) is 26.7 Å². The van der Waals surface area contributed by atoms with Gasteiger partial charge in [0, 0.05) is 18.3 Å². The average Bonchev–Trinajstić information content (AvgIpc) is 2.14.